The van der Waals surface area contributed by atoms with Crippen LogP contribution in [0.3, 0.4) is 0 Å². The standard InChI is InChI=1S/C28H28N4O4/c1-28(2,3)24-17-25(32-36-24)31-27(34)30-21-12-14-22(15-13-21)35-23-11-7-10-20(16-23)26(33)29-18-19-8-5-4-6-9-19/h4-17H,18H2,1-3H3,(H,29,33)(H2,30,31,32,34). The first-order valence-electron chi connectivity index (χ1n) is 11.5. The van der Waals surface area contributed by atoms with Crippen LogP contribution >= 0.6 is 0 Å². The number of anilines is 2. The number of aromatic nitrogens is 1. The molecule has 0 saturated heterocycles. The van der Waals surface area contributed by atoms with E-state index in [0.717, 1.165) is 5.56 Å². The predicted octanol–water partition coefficient (Wildman–Crippen LogP) is 6.34. The number of carbonyl (C=O) groups excluding carboxylic acids is 2. The fraction of sp³-hybridized carbons (Fsp3) is 0.179. The number of nitrogens with zero attached hydrogens (tertiary/aromatic N) is 1. The van der Waals surface area contributed by atoms with Crippen molar-refractivity contribution in [2.75, 3.05) is 10.6 Å². The van der Waals surface area contributed by atoms with Gasteiger partial charge in [0, 0.05) is 29.3 Å². The number of benzene rings is 3. The Morgan fingerprint density at radius 1 is 0.861 bits per heavy atom. The lowest BCUT2D eigenvalue weighted by Crippen LogP contribution is -2.22. The second kappa shape index (κ2) is 10.8. The van der Waals surface area contributed by atoms with E-state index in [4.69, 9.17) is 9.26 Å². The highest BCUT2D eigenvalue weighted by atomic mass is 16.5. The summed E-state index contributed by atoms with van der Waals surface area (Å²) in [5, 5.41) is 12.2. The first-order chi connectivity index (χ1) is 17.3. The summed E-state index contributed by atoms with van der Waals surface area (Å²) >= 11 is 0. The van der Waals surface area contributed by atoms with Crippen molar-refractivity contribution in [1.29, 1.82) is 0 Å². The van der Waals surface area contributed by atoms with Gasteiger partial charge >= 0.3 is 6.03 Å². The molecule has 0 unspecified atom stereocenters. The summed E-state index contributed by atoms with van der Waals surface area (Å²) in [4.78, 5) is 24.8. The third-order valence-corrected chi connectivity index (χ3v) is 5.23. The molecule has 0 bridgehead atoms. The number of rotatable bonds is 7. The van der Waals surface area contributed by atoms with Crippen LogP contribution in [0.4, 0.5) is 16.3 Å². The van der Waals surface area contributed by atoms with Crippen molar-refractivity contribution < 1.29 is 18.8 Å². The highest BCUT2D eigenvalue weighted by Gasteiger charge is 2.20. The largest absolute Gasteiger partial charge is 0.457 e. The third-order valence-electron chi connectivity index (χ3n) is 5.23. The minimum Gasteiger partial charge on any atom is -0.457 e. The molecule has 8 nitrogen and oxygen atoms in total. The number of amides is 3. The molecule has 4 rings (SSSR count). The maximum absolute atomic E-state index is 12.5. The summed E-state index contributed by atoms with van der Waals surface area (Å²) in [5.41, 5.74) is 1.90. The van der Waals surface area contributed by atoms with E-state index in [1.807, 2.05) is 51.1 Å². The van der Waals surface area contributed by atoms with E-state index in [2.05, 4.69) is 21.1 Å². The van der Waals surface area contributed by atoms with Gasteiger partial charge in [0.2, 0.25) is 0 Å². The van der Waals surface area contributed by atoms with Crippen LogP contribution in [0.15, 0.2) is 89.5 Å². The zero-order chi connectivity index (χ0) is 25.5. The van der Waals surface area contributed by atoms with Gasteiger partial charge in [-0.1, -0.05) is 62.3 Å². The molecule has 0 fully saturated rings. The minimum absolute atomic E-state index is 0.184. The average Bonchev–Trinajstić information content (AvgIpc) is 3.34. The van der Waals surface area contributed by atoms with Gasteiger partial charge in [-0.3, -0.25) is 10.1 Å². The molecule has 36 heavy (non-hydrogen) atoms. The van der Waals surface area contributed by atoms with E-state index >= 15 is 0 Å². The van der Waals surface area contributed by atoms with Crippen molar-refractivity contribution in [3.63, 3.8) is 0 Å². The van der Waals surface area contributed by atoms with E-state index in [1.165, 1.54) is 0 Å². The van der Waals surface area contributed by atoms with Gasteiger partial charge in [-0.15, -0.1) is 0 Å². The summed E-state index contributed by atoms with van der Waals surface area (Å²) < 4.78 is 11.2. The highest BCUT2D eigenvalue weighted by Crippen LogP contribution is 2.26. The van der Waals surface area contributed by atoms with E-state index in [-0.39, 0.29) is 11.3 Å². The molecule has 8 heteroatoms. The van der Waals surface area contributed by atoms with Crippen LogP contribution in [0.5, 0.6) is 11.5 Å². The zero-order valence-corrected chi connectivity index (χ0v) is 20.4. The zero-order valence-electron chi connectivity index (χ0n) is 20.4. The van der Waals surface area contributed by atoms with E-state index in [9.17, 15) is 9.59 Å². The van der Waals surface area contributed by atoms with Gasteiger partial charge < -0.3 is 19.9 Å². The van der Waals surface area contributed by atoms with E-state index in [0.29, 0.717) is 40.9 Å². The fourth-order valence-corrected chi connectivity index (χ4v) is 3.29. The quantitative estimate of drug-likeness (QED) is 0.284. The number of urea groups is 1. The Morgan fingerprint density at radius 3 is 2.31 bits per heavy atom. The van der Waals surface area contributed by atoms with Gasteiger partial charge in [-0.2, -0.15) is 0 Å². The molecule has 3 amide bonds. The number of ether oxygens (including phenoxy) is 1. The Kier molecular flexibility index (Phi) is 7.34. The van der Waals surface area contributed by atoms with Crippen molar-refractivity contribution in [1.82, 2.24) is 10.5 Å². The molecule has 0 atom stereocenters. The molecule has 0 radical (unpaired) electrons. The van der Waals surface area contributed by atoms with Crippen LogP contribution in [0.1, 0.15) is 42.5 Å². The Balaban J connectivity index is 1.31. The molecule has 0 aliphatic heterocycles. The number of hydrogen-bond acceptors (Lipinski definition) is 5. The van der Waals surface area contributed by atoms with Gasteiger partial charge in [0.05, 0.1) is 0 Å². The van der Waals surface area contributed by atoms with Crippen molar-refractivity contribution in [2.45, 2.75) is 32.7 Å². The molecule has 0 spiro atoms. The lowest BCUT2D eigenvalue weighted by molar-refractivity contribution is 0.0950. The Morgan fingerprint density at radius 2 is 1.61 bits per heavy atom. The lowest BCUT2D eigenvalue weighted by atomic mass is 9.93. The normalized spacial score (nSPS) is 11.0. The molecule has 4 aromatic rings. The number of carbonyl (C=O) groups is 2. The summed E-state index contributed by atoms with van der Waals surface area (Å²) in [5.74, 6) is 1.93. The van der Waals surface area contributed by atoms with Gasteiger partial charge in [-0.05, 0) is 48.0 Å². The van der Waals surface area contributed by atoms with Crippen LogP contribution in [0.25, 0.3) is 0 Å². The molecule has 0 saturated carbocycles. The number of nitrogens with one attached hydrogen (secondary N) is 3. The third kappa shape index (κ3) is 6.73. The first-order valence-corrected chi connectivity index (χ1v) is 11.5. The number of hydrogen-bond donors (Lipinski definition) is 3. The van der Waals surface area contributed by atoms with Crippen LogP contribution in [-0.2, 0) is 12.0 Å². The smallest absolute Gasteiger partial charge is 0.324 e. The van der Waals surface area contributed by atoms with Gasteiger partial charge in [0.1, 0.15) is 17.3 Å². The highest BCUT2D eigenvalue weighted by molar-refractivity contribution is 5.99. The van der Waals surface area contributed by atoms with Gasteiger partial charge in [0.15, 0.2) is 5.82 Å². The monoisotopic (exact) mass is 484 g/mol. The Hall–Kier alpha value is -4.59. The lowest BCUT2D eigenvalue weighted by Gasteiger charge is -2.12. The van der Waals surface area contributed by atoms with Crippen molar-refractivity contribution >= 4 is 23.4 Å². The Labute approximate surface area is 209 Å². The maximum Gasteiger partial charge on any atom is 0.324 e. The van der Waals surface area contributed by atoms with E-state index < -0.39 is 6.03 Å². The van der Waals surface area contributed by atoms with Crippen molar-refractivity contribution in [2.24, 2.45) is 0 Å². The average molecular weight is 485 g/mol. The van der Waals surface area contributed by atoms with Crippen LogP contribution in [-0.4, -0.2) is 17.1 Å². The summed E-state index contributed by atoms with van der Waals surface area (Å²) in [7, 11) is 0. The molecular formula is C28H28N4O4. The fourth-order valence-electron chi connectivity index (χ4n) is 3.29. The summed E-state index contributed by atoms with van der Waals surface area (Å²) in [6, 6.07) is 24.8. The van der Waals surface area contributed by atoms with Crippen LogP contribution < -0.4 is 20.7 Å². The van der Waals surface area contributed by atoms with E-state index in [1.54, 1.807) is 54.6 Å². The Bertz CT molecular complexity index is 1330. The van der Waals surface area contributed by atoms with Crippen LogP contribution in [0.2, 0.25) is 0 Å². The molecule has 0 aliphatic rings. The predicted molar refractivity (Wildman–Crippen MR) is 138 cm³/mol. The summed E-state index contributed by atoms with van der Waals surface area (Å²) in [6.45, 7) is 6.44. The maximum atomic E-state index is 12.5. The molecular weight excluding hydrogens is 456 g/mol. The second-order valence-corrected chi connectivity index (χ2v) is 9.23. The molecule has 184 valence electrons. The van der Waals surface area contributed by atoms with Crippen molar-refractivity contribution in [3.05, 3.63) is 102 Å². The summed E-state index contributed by atoms with van der Waals surface area (Å²) in [6.07, 6.45) is 0. The SMILES string of the molecule is CC(C)(C)c1cc(NC(=O)Nc2ccc(Oc3cccc(C(=O)NCc4ccccc4)c3)cc2)no1. The molecule has 1 heterocycles. The minimum atomic E-state index is -0.438. The van der Waals surface area contributed by atoms with Crippen molar-refractivity contribution in [3.8, 4) is 11.5 Å². The molecule has 3 aromatic carbocycles. The second-order valence-electron chi connectivity index (χ2n) is 9.23. The molecule has 0 aliphatic carbocycles. The van der Waals surface area contributed by atoms with Crippen LogP contribution in [0, 0.1) is 0 Å². The molecule has 1 aromatic heterocycles. The van der Waals surface area contributed by atoms with Gasteiger partial charge in [-0.25, -0.2) is 4.79 Å². The molecule has 3 N–H and O–H groups in total. The first kappa shape index (κ1) is 24.5. The van der Waals surface area contributed by atoms with Gasteiger partial charge in [0.25, 0.3) is 5.91 Å². The topological polar surface area (TPSA) is 105 Å².